The summed E-state index contributed by atoms with van der Waals surface area (Å²) in [6, 6.07) is 0. The van der Waals surface area contributed by atoms with Crippen molar-refractivity contribution in [3.8, 4) is 0 Å². The summed E-state index contributed by atoms with van der Waals surface area (Å²) in [6.07, 6.45) is 0. The molecule has 0 fully saturated rings. The fraction of sp³-hybridized carbons (Fsp3) is 0.700. The molecule has 1 aromatic heterocycles. The molecule has 0 saturated heterocycles. The second-order valence-electron chi connectivity index (χ2n) is 4.48. The number of rotatable bonds is 1. The van der Waals surface area contributed by atoms with Gasteiger partial charge in [-0.15, -0.1) is 11.3 Å². The van der Waals surface area contributed by atoms with Gasteiger partial charge in [-0.05, 0) is 0 Å². The van der Waals surface area contributed by atoms with Crippen LogP contribution in [0, 0.1) is 0 Å². The van der Waals surface area contributed by atoms with Crippen LogP contribution in [-0.2, 0) is 5.41 Å². The van der Waals surface area contributed by atoms with Gasteiger partial charge in [0.2, 0.25) is 0 Å². The Morgan fingerprint density at radius 3 is 2.17 bits per heavy atom. The lowest BCUT2D eigenvalue weighted by Gasteiger charge is -2.14. The summed E-state index contributed by atoms with van der Waals surface area (Å²) in [5.74, 6) is 0.561. The lowest BCUT2D eigenvalue weighted by molar-refractivity contribution is 0.569. The molecule has 68 valence electrons. The topological polar surface area (TPSA) is 12.9 Å². The molecule has 1 aromatic rings. The fourth-order valence-electron chi connectivity index (χ4n) is 0.897. The first-order chi connectivity index (χ1) is 5.41. The predicted octanol–water partition coefficient (Wildman–Crippen LogP) is 3.56. The highest BCUT2D eigenvalue weighted by Gasteiger charge is 2.17. The molecule has 0 saturated carbocycles. The molecule has 1 heterocycles. The second kappa shape index (κ2) is 3.17. The van der Waals surface area contributed by atoms with Gasteiger partial charge in [-0.2, -0.15) is 0 Å². The second-order valence-corrected chi connectivity index (χ2v) is 5.37. The van der Waals surface area contributed by atoms with Crippen LogP contribution in [0.2, 0.25) is 0 Å². The molecule has 0 aromatic carbocycles. The first kappa shape index (κ1) is 9.72. The monoisotopic (exact) mass is 183 g/mol. The summed E-state index contributed by atoms with van der Waals surface area (Å²) in [6.45, 7) is 11.0. The molecule has 0 aliphatic heterocycles. The van der Waals surface area contributed by atoms with Crippen molar-refractivity contribution in [2.75, 3.05) is 0 Å². The minimum absolute atomic E-state index is 0.198. The maximum absolute atomic E-state index is 4.60. The third-order valence-electron chi connectivity index (χ3n) is 1.78. The van der Waals surface area contributed by atoms with E-state index in [1.165, 1.54) is 10.7 Å². The normalized spacial score (nSPS) is 12.5. The van der Waals surface area contributed by atoms with E-state index >= 15 is 0 Å². The minimum Gasteiger partial charge on any atom is -0.245 e. The Balaban J connectivity index is 2.92. The van der Waals surface area contributed by atoms with Crippen LogP contribution in [0.5, 0.6) is 0 Å². The van der Waals surface area contributed by atoms with Gasteiger partial charge in [0.05, 0.1) is 10.7 Å². The lowest BCUT2D eigenvalue weighted by atomic mass is 9.93. The van der Waals surface area contributed by atoms with Crippen LogP contribution >= 0.6 is 11.3 Å². The average molecular weight is 183 g/mol. The van der Waals surface area contributed by atoms with Gasteiger partial charge in [-0.1, -0.05) is 34.6 Å². The van der Waals surface area contributed by atoms with Gasteiger partial charge in [-0.25, -0.2) is 4.98 Å². The summed E-state index contributed by atoms with van der Waals surface area (Å²) in [5.41, 5.74) is 1.42. The van der Waals surface area contributed by atoms with E-state index in [1.54, 1.807) is 11.3 Å². The fourth-order valence-corrected chi connectivity index (χ4v) is 1.96. The van der Waals surface area contributed by atoms with Crippen molar-refractivity contribution in [3.05, 3.63) is 16.1 Å². The van der Waals surface area contributed by atoms with E-state index in [2.05, 4.69) is 45.0 Å². The first-order valence-electron chi connectivity index (χ1n) is 4.37. The Morgan fingerprint density at radius 2 is 1.92 bits per heavy atom. The van der Waals surface area contributed by atoms with E-state index in [-0.39, 0.29) is 5.41 Å². The van der Waals surface area contributed by atoms with Gasteiger partial charge >= 0.3 is 0 Å². The quantitative estimate of drug-likeness (QED) is 0.648. The molecule has 1 rings (SSSR count). The van der Waals surface area contributed by atoms with E-state index in [0.29, 0.717) is 5.92 Å². The smallest absolute Gasteiger partial charge is 0.0953 e. The highest BCUT2D eigenvalue weighted by Crippen LogP contribution is 2.27. The number of hydrogen-bond donors (Lipinski definition) is 0. The average Bonchev–Trinajstić information content (AvgIpc) is 2.30. The SMILES string of the molecule is CC(C)c1nc(C(C)(C)C)cs1. The van der Waals surface area contributed by atoms with Crippen LogP contribution in [0.1, 0.15) is 51.2 Å². The Bertz CT molecular complexity index is 255. The zero-order valence-corrected chi connectivity index (χ0v) is 9.33. The van der Waals surface area contributed by atoms with Crippen LogP contribution in [0.25, 0.3) is 0 Å². The Morgan fingerprint density at radius 1 is 1.33 bits per heavy atom. The molecule has 0 aliphatic carbocycles. The van der Waals surface area contributed by atoms with Crippen molar-refractivity contribution in [3.63, 3.8) is 0 Å². The van der Waals surface area contributed by atoms with Gasteiger partial charge in [-0.3, -0.25) is 0 Å². The summed E-state index contributed by atoms with van der Waals surface area (Å²) >= 11 is 1.77. The largest absolute Gasteiger partial charge is 0.245 e. The molecule has 0 aliphatic rings. The maximum Gasteiger partial charge on any atom is 0.0953 e. The summed E-state index contributed by atoms with van der Waals surface area (Å²) in [7, 11) is 0. The summed E-state index contributed by atoms with van der Waals surface area (Å²) in [4.78, 5) is 4.60. The van der Waals surface area contributed by atoms with Crippen molar-refractivity contribution < 1.29 is 0 Å². The van der Waals surface area contributed by atoms with E-state index in [9.17, 15) is 0 Å². The van der Waals surface area contributed by atoms with E-state index in [1.807, 2.05) is 0 Å². The maximum atomic E-state index is 4.60. The summed E-state index contributed by atoms with van der Waals surface area (Å²) < 4.78 is 0. The Hall–Kier alpha value is -0.370. The van der Waals surface area contributed by atoms with E-state index in [4.69, 9.17) is 0 Å². The van der Waals surface area contributed by atoms with Gasteiger partial charge in [0, 0.05) is 16.7 Å². The van der Waals surface area contributed by atoms with Crippen molar-refractivity contribution in [2.45, 2.75) is 46.0 Å². The van der Waals surface area contributed by atoms with Crippen LogP contribution in [0.15, 0.2) is 5.38 Å². The van der Waals surface area contributed by atoms with Gasteiger partial charge < -0.3 is 0 Å². The lowest BCUT2D eigenvalue weighted by Crippen LogP contribution is -2.11. The van der Waals surface area contributed by atoms with Crippen molar-refractivity contribution in [1.29, 1.82) is 0 Å². The first-order valence-corrected chi connectivity index (χ1v) is 5.25. The van der Waals surface area contributed by atoms with Crippen LogP contribution in [0.4, 0.5) is 0 Å². The van der Waals surface area contributed by atoms with Crippen molar-refractivity contribution in [1.82, 2.24) is 4.98 Å². The molecule has 0 radical (unpaired) electrons. The highest BCUT2D eigenvalue weighted by atomic mass is 32.1. The van der Waals surface area contributed by atoms with Crippen LogP contribution in [-0.4, -0.2) is 4.98 Å². The van der Waals surface area contributed by atoms with Crippen LogP contribution in [0.3, 0.4) is 0 Å². The van der Waals surface area contributed by atoms with Crippen LogP contribution < -0.4 is 0 Å². The molecular formula is C10H17NS. The predicted molar refractivity (Wildman–Crippen MR) is 54.9 cm³/mol. The number of thiazole rings is 1. The van der Waals surface area contributed by atoms with E-state index < -0.39 is 0 Å². The Kier molecular flexibility index (Phi) is 2.57. The molecule has 0 unspecified atom stereocenters. The van der Waals surface area contributed by atoms with Crippen molar-refractivity contribution in [2.24, 2.45) is 0 Å². The zero-order chi connectivity index (χ0) is 9.35. The number of hydrogen-bond acceptors (Lipinski definition) is 2. The summed E-state index contributed by atoms with van der Waals surface area (Å²) in [5, 5.41) is 3.43. The molecule has 0 atom stereocenters. The number of nitrogens with zero attached hydrogens (tertiary/aromatic N) is 1. The van der Waals surface area contributed by atoms with Gasteiger partial charge in [0.25, 0.3) is 0 Å². The molecule has 2 heteroatoms. The minimum atomic E-state index is 0.198. The molecule has 1 nitrogen and oxygen atoms in total. The standard InChI is InChI=1S/C10H17NS/c1-7(2)9-11-8(6-12-9)10(3,4)5/h6-7H,1-5H3. The molecule has 0 bridgehead atoms. The molecule has 0 N–H and O–H groups in total. The van der Waals surface area contributed by atoms with Gasteiger partial charge in [0.15, 0.2) is 0 Å². The molecule has 0 spiro atoms. The molecule has 12 heavy (non-hydrogen) atoms. The zero-order valence-electron chi connectivity index (χ0n) is 8.51. The highest BCUT2D eigenvalue weighted by molar-refractivity contribution is 7.09. The van der Waals surface area contributed by atoms with Crippen molar-refractivity contribution >= 4 is 11.3 Å². The molecular weight excluding hydrogens is 166 g/mol. The third-order valence-corrected chi connectivity index (χ3v) is 2.93. The Labute approximate surface area is 78.8 Å². The number of aromatic nitrogens is 1. The van der Waals surface area contributed by atoms with Gasteiger partial charge in [0.1, 0.15) is 0 Å². The van der Waals surface area contributed by atoms with E-state index in [0.717, 1.165) is 0 Å². The molecule has 0 amide bonds. The third kappa shape index (κ3) is 2.07.